The van der Waals surface area contributed by atoms with E-state index in [0.717, 1.165) is 0 Å². The molecule has 1 rings (SSSR count). The van der Waals surface area contributed by atoms with Gasteiger partial charge in [-0.15, -0.1) is 0 Å². The largest absolute Gasteiger partial charge is 0.444 e. The van der Waals surface area contributed by atoms with Crippen molar-refractivity contribution in [3.8, 4) is 11.8 Å². The molecule has 1 heterocycles. The van der Waals surface area contributed by atoms with E-state index in [2.05, 4.69) is 11.8 Å². The number of ether oxygens (including phenoxy) is 2. The summed E-state index contributed by atoms with van der Waals surface area (Å²) in [4.78, 5) is 25.3. The van der Waals surface area contributed by atoms with Crippen molar-refractivity contribution in [3.05, 3.63) is 0 Å². The van der Waals surface area contributed by atoms with Crippen LogP contribution in [-0.2, 0) is 14.3 Å². The summed E-state index contributed by atoms with van der Waals surface area (Å²) < 4.78 is 10.7. The third-order valence-corrected chi connectivity index (χ3v) is 2.60. The van der Waals surface area contributed by atoms with E-state index in [-0.39, 0.29) is 18.4 Å². The molecule has 0 N–H and O–H groups in total. The second-order valence-corrected chi connectivity index (χ2v) is 5.54. The van der Waals surface area contributed by atoms with Gasteiger partial charge >= 0.3 is 6.09 Å². The molecule has 0 bridgehead atoms. The van der Waals surface area contributed by atoms with E-state index < -0.39 is 17.8 Å². The zero-order valence-corrected chi connectivity index (χ0v) is 12.1. The Morgan fingerprint density at radius 3 is 2.53 bits per heavy atom. The Kier molecular flexibility index (Phi) is 4.96. The summed E-state index contributed by atoms with van der Waals surface area (Å²) >= 11 is 0. The van der Waals surface area contributed by atoms with Gasteiger partial charge in [-0.1, -0.05) is 5.92 Å². The molecule has 1 aliphatic rings. The molecular weight excluding hydrogens is 246 g/mol. The van der Waals surface area contributed by atoms with Gasteiger partial charge in [-0.25, -0.2) is 4.79 Å². The molecule has 0 saturated carbocycles. The van der Waals surface area contributed by atoms with Crippen LogP contribution in [0.25, 0.3) is 0 Å². The molecule has 1 saturated heterocycles. The van der Waals surface area contributed by atoms with Crippen LogP contribution in [-0.4, -0.2) is 47.7 Å². The van der Waals surface area contributed by atoms with E-state index >= 15 is 0 Å². The maximum Gasteiger partial charge on any atom is 0.410 e. The minimum absolute atomic E-state index is 0.117. The Morgan fingerprint density at radius 2 is 2.00 bits per heavy atom. The monoisotopic (exact) mass is 267 g/mol. The molecule has 106 valence electrons. The van der Waals surface area contributed by atoms with Gasteiger partial charge in [0.2, 0.25) is 5.78 Å². The molecule has 0 aromatic rings. The third kappa shape index (κ3) is 4.56. The van der Waals surface area contributed by atoms with Crippen molar-refractivity contribution in [2.24, 2.45) is 0 Å². The second-order valence-electron chi connectivity index (χ2n) is 5.54. The van der Waals surface area contributed by atoms with Gasteiger partial charge in [0.1, 0.15) is 11.7 Å². The van der Waals surface area contributed by atoms with Crippen LogP contribution >= 0.6 is 0 Å². The number of hydrogen-bond acceptors (Lipinski definition) is 4. The van der Waals surface area contributed by atoms with Gasteiger partial charge in [0.25, 0.3) is 0 Å². The van der Waals surface area contributed by atoms with Gasteiger partial charge in [-0.3, -0.25) is 4.79 Å². The molecule has 1 amide bonds. The molecule has 0 spiro atoms. The van der Waals surface area contributed by atoms with E-state index in [1.165, 1.54) is 4.90 Å². The molecule has 0 unspecified atom stereocenters. The zero-order chi connectivity index (χ0) is 14.6. The average Bonchev–Trinajstić information content (AvgIpc) is 2.27. The van der Waals surface area contributed by atoms with Crippen LogP contribution in [0.5, 0.6) is 0 Å². The summed E-state index contributed by atoms with van der Waals surface area (Å²) in [5, 5.41) is 0. The molecule has 5 nitrogen and oxygen atoms in total. The summed E-state index contributed by atoms with van der Waals surface area (Å²) in [5.41, 5.74) is -0.558. The van der Waals surface area contributed by atoms with E-state index in [1.807, 2.05) is 6.92 Å². The average molecular weight is 267 g/mol. The Bertz CT molecular complexity index is 413. The number of morpholine rings is 1. The summed E-state index contributed by atoms with van der Waals surface area (Å²) in [6.45, 7) is 9.36. The molecule has 0 radical (unpaired) electrons. The molecule has 19 heavy (non-hydrogen) atoms. The van der Waals surface area contributed by atoms with Crippen LogP contribution in [0.3, 0.4) is 0 Å². The molecule has 0 aromatic carbocycles. The highest BCUT2D eigenvalue weighted by Crippen LogP contribution is 2.17. The lowest BCUT2D eigenvalue weighted by molar-refractivity contribution is -0.132. The van der Waals surface area contributed by atoms with Gasteiger partial charge in [-0.2, -0.15) is 0 Å². The van der Waals surface area contributed by atoms with Gasteiger partial charge in [-0.05, 0) is 40.5 Å². The third-order valence-electron chi connectivity index (χ3n) is 2.60. The predicted octanol–water partition coefficient (Wildman–Crippen LogP) is 1.60. The fraction of sp³-hybridized carbons (Fsp3) is 0.714. The highest BCUT2D eigenvalue weighted by atomic mass is 16.6. The molecule has 1 aliphatic heterocycles. The maximum atomic E-state index is 12.1. The molecule has 1 fully saturated rings. The zero-order valence-electron chi connectivity index (χ0n) is 12.1. The molecular formula is C14H21NO4. The summed E-state index contributed by atoms with van der Waals surface area (Å²) in [7, 11) is 0. The van der Waals surface area contributed by atoms with Crippen molar-refractivity contribution in [1.29, 1.82) is 0 Å². The Morgan fingerprint density at radius 1 is 1.37 bits per heavy atom. The van der Waals surface area contributed by atoms with E-state index in [4.69, 9.17) is 9.47 Å². The van der Waals surface area contributed by atoms with Gasteiger partial charge in [0.05, 0.1) is 19.2 Å². The maximum absolute atomic E-state index is 12.1. The van der Waals surface area contributed by atoms with E-state index in [0.29, 0.717) is 6.61 Å². The SMILES string of the molecule is CC#CC(=O)[C@@H]1CN(C(=O)OC(C)(C)C)[C@@H](C)CO1. The van der Waals surface area contributed by atoms with Gasteiger partial charge < -0.3 is 14.4 Å². The van der Waals surface area contributed by atoms with Gasteiger partial charge in [0.15, 0.2) is 0 Å². The van der Waals surface area contributed by atoms with Crippen molar-refractivity contribution in [3.63, 3.8) is 0 Å². The van der Waals surface area contributed by atoms with Crippen molar-refractivity contribution in [2.75, 3.05) is 13.2 Å². The van der Waals surface area contributed by atoms with Crippen LogP contribution in [0.15, 0.2) is 0 Å². The fourth-order valence-electron chi connectivity index (χ4n) is 1.69. The van der Waals surface area contributed by atoms with Crippen molar-refractivity contribution >= 4 is 11.9 Å². The van der Waals surface area contributed by atoms with E-state index in [1.54, 1.807) is 27.7 Å². The van der Waals surface area contributed by atoms with Crippen molar-refractivity contribution < 1.29 is 19.1 Å². The molecule has 2 atom stereocenters. The smallest absolute Gasteiger partial charge is 0.410 e. The number of carbonyl (C=O) groups is 2. The Hall–Kier alpha value is -1.54. The number of hydrogen-bond donors (Lipinski definition) is 0. The fourth-order valence-corrected chi connectivity index (χ4v) is 1.69. The first-order valence-electron chi connectivity index (χ1n) is 6.32. The lowest BCUT2D eigenvalue weighted by Crippen LogP contribution is -2.54. The molecule has 5 heteroatoms. The molecule has 0 aliphatic carbocycles. The minimum atomic E-state index is -0.684. The van der Waals surface area contributed by atoms with Crippen LogP contribution in [0, 0.1) is 11.8 Å². The van der Waals surface area contributed by atoms with Crippen molar-refractivity contribution in [1.82, 2.24) is 4.90 Å². The highest BCUT2D eigenvalue weighted by molar-refractivity contribution is 5.99. The first-order valence-corrected chi connectivity index (χ1v) is 6.32. The normalized spacial score (nSPS) is 23.3. The van der Waals surface area contributed by atoms with Crippen LogP contribution in [0.1, 0.15) is 34.6 Å². The second kappa shape index (κ2) is 6.07. The summed E-state index contributed by atoms with van der Waals surface area (Å²) in [6, 6.07) is -0.117. The predicted molar refractivity (Wildman–Crippen MR) is 70.6 cm³/mol. The number of ketones is 1. The number of carbonyl (C=O) groups excluding carboxylic acids is 2. The first-order chi connectivity index (χ1) is 8.74. The number of Topliss-reactive ketones (excluding diaryl/α,β-unsaturated/α-hetero) is 1. The topological polar surface area (TPSA) is 55.8 Å². The standard InChI is InChI=1S/C14H21NO4/c1-6-7-11(16)12-8-15(10(2)9-18-12)13(17)19-14(3,4)5/h10,12H,8-9H2,1-5H3/t10-,12-/m0/s1. The quantitative estimate of drug-likeness (QED) is 0.535. The van der Waals surface area contributed by atoms with Crippen LogP contribution in [0.4, 0.5) is 4.79 Å². The van der Waals surface area contributed by atoms with Crippen LogP contribution < -0.4 is 0 Å². The van der Waals surface area contributed by atoms with Crippen LogP contribution in [0.2, 0.25) is 0 Å². The number of nitrogens with zero attached hydrogens (tertiary/aromatic N) is 1. The first kappa shape index (κ1) is 15.5. The van der Waals surface area contributed by atoms with Gasteiger partial charge in [0, 0.05) is 0 Å². The lowest BCUT2D eigenvalue weighted by Gasteiger charge is -2.37. The lowest BCUT2D eigenvalue weighted by atomic mass is 10.1. The minimum Gasteiger partial charge on any atom is -0.444 e. The summed E-state index contributed by atoms with van der Waals surface area (Å²) in [5.74, 6) is 4.69. The van der Waals surface area contributed by atoms with E-state index in [9.17, 15) is 9.59 Å². The number of rotatable bonds is 1. The molecule has 0 aromatic heterocycles. The number of amides is 1. The highest BCUT2D eigenvalue weighted by Gasteiger charge is 2.35. The van der Waals surface area contributed by atoms with Crippen molar-refractivity contribution in [2.45, 2.75) is 52.4 Å². The summed E-state index contributed by atoms with van der Waals surface area (Å²) in [6.07, 6.45) is -1.11. The Labute approximate surface area is 114 Å². The Balaban J connectivity index is 2.73.